The number of benzene rings is 1. The molecule has 0 radical (unpaired) electrons. The van der Waals surface area contributed by atoms with Gasteiger partial charge in [-0.05, 0) is 37.6 Å². The van der Waals surface area contributed by atoms with Crippen LogP contribution in [-0.4, -0.2) is 11.9 Å². The second kappa shape index (κ2) is 5.45. The van der Waals surface area contributed by atoms with Crippen LogP contribution in [0.4, 0.5) is 0 Å². The second-order valence-corrected chi connectivity index (χ2v) is 4.85. The van der Waals surface area contributed by atoms with E-state index in [0.717, 1.165) is 6.42 Å². The van der Waals surface area contributed by atoms with Crippen LogP contribution in [-0.2, 0) is 0 Å². The normalized spacial score (nSPS) is 12.4. The Bertz CT molecular complexity index is 678. The van der Waals surface area contributed by atoms with Gasteiger partial charge in [0.15, 0.2) is 0 Å². The van der Waals surface area contributed by atoms with E-state index >= 15 is 0 Å². The Kier molecular flexibility index (Phi) is 3.90. The predicted octanol–water partition coefficient (Wildman–Crippen LogP) is 2.97. The molecule has 0 unspecified atom stereocenters. The minimum atomic E-state index is -0.643. The second-order valence-electron chi connectivity index (χ2n) is 4.41. The Morgan fingerprint density at radius 3 is 2.84 bits per heavy atom. The predicted molar refractivity (Wildman–Crippen MR) is 74.7 cm³/mol. The van der Waals surface area contributed by atoms with Gasteiger partial charge in [-0.1, -0.05) is 18.5 Å². The summed E-state index contributed by atoms with van der Waals surface area (Å²) in [6.07, 6.45) is 0.788. The molecule has 0 saturated carbocycles. The fourth-order valence-corrected chi connectivity index (χ4v) is 1.84. The van der Waals surface area contributed by atoms with Gasteiger partial charge in [0.1, 0.15) is 11.1 Å². The average molecular weight is 280 g/mol. The maximum absolute atomic E-state index is 12.0. The number of hydrogen-bond donors (Lipinski definition) is 1. The Morgan fingerprint density at radius 1 is 1.42 bits per heavy atom. The van der Waals surface area contributed by atoms with Gasteiger partial charge in [-0.15, -0.1) is 0 Å². The number of carbonyl (C=O) groups is 1. The lowest BCUT2D eigenvalue weighted by atomic mass is 10.1. The summed E-state index contributed by atoms with van der Waals surface area (Å²) in [5, 5.41) is 3.88. The Balaban J connectivity index is 2.46. The molecule has 1 aromatic carbocycles. The number of nitrogens with one attached hydrogen (secondary N) is 1. The summed E-state index contributed by atoms with van der Waals surface area (Å²) in [6, 6.07) is 6.40. The molecule has 4 nitrogen and oxygen atoms in total. The third kappa shape index (κ3) is 2.96. The van der Waals surface area contributed by atoms with Crippen molar-refractivity contribution in [2.75, 3.05) is 0 Å². The average Bonchev–Trinajstić information content (AvgIpc) is 2.38. The molecule has 0 bridgehead atoms. The number of halogens is 1. The Morgan fingerprint density at radius 2 is 2.16 bits per heavy atom. The number of fused-ring (bicyclic) bond motifs is 1. The summed E-state index contributed by atoms with van der Waals surface area (Å²) < 4.78 is 5.11. The van der Waals surface area contributed by atoms with E-state index in [2.05, 4.69) is 5.32 Å². The van der Waals surface area contributed by atoms with Crippen molar-refractivity contribution in [2.24, 2.45) is 0 Å². The fourth-order valence-electron chi connectivity index (χ4n) is 1.66. The molecule has 2 aromatic rings. The van der Waals surface area contributed by atoms with Crippen LogP contribution in [0, 0.1) is 0 Å². The van der Waals surface area contributed by atoms with Crippen LogP contribution in [0.25, 0.3) is 11.0 Å². The summed E-state index contributed by atoms with van der Waals surface area (Å²) in [5.41, 5.74) is -0.236. The van der Waals surface area contributed by atoms with Crippen molar-refractivity contribution in [1.82, 2.24) is 5.32 Å². The molecule has 1 aromatic heterocycles. The van der Waals surface area contributed by atoms with E-state index in [9.17, 15) is 9.59 Å². The van der Waals surface area contributed by atoms with Crippen LogP contribution in [0.15, 0.2) is 33.5 Å². The molecule has 1 heterocycles. The first-order chi connectivity index (χ1) is 9.01. The number of carbonyl (C=O) groups excluding carboxylic acids is 1. The molecule has 2 rings (SSSR count). The molecule has 1 N–H and O–H groups in total. The molecule has 1 amide bonds. The third-order valence-corrected chi connectivity index (χ3v) is 3.16. The highest BCUT2D eigenvalue weighted by molar-refractivity contribution is 6.31. The maximum Gasteiger partial charge on any atom is 0.349 e. The van der Waals surface area contributed by atoms with Crippen molar-refractivity contribution < 1.29 is 9.21 Å². The van der Waals surface area contributed by atoms with Gasteiger partial charge in [0.05, 0.1) is 0 Å². The lowest BCUT2D eigenvalue weighted by Crippen LogP contribution is -2.34. The first-order valence-electron chi connectivity index (χ1n) is 6.05. The quantitative estimate of drug-likeness (QED) is 0.879. The summed E-state index contributed by atoms with van der Waals surface area (Å²) in [6.45, 7) is 3.82. The molecule has 0 saturated heterocycles. The standard InChI is InChI=1S/C14H14ClNO3/c1-3-8(2)16-13(17)11-7-9-6-10(15)4-5-12(9)19-14(11)18/h4-8H,3H2,1-2H3,(H,16,17)/t8-/m1/s1. The molecule has 100 valence electrons. The van der Waals surface area contributed by atoms with Crippen molar-refractivity contribution in [3.8, 4) is 0 Å². The van der Waals surface area contributed by atoms with Crippen LogP contribution in [0.1, 0.15) is 30.6 Å². The summed E-state index contributed by atoms with van der Waals surface area (Å²) in [4.78, 5) is 23.7. The van der Waals surface area contributed by atoms with Crippen molar-refractivity contribution in [2.45, 2.75) is 26.3 Å². The van der Waals surface area contributed by atoms with Crippen molar-refractivity contribution in [3.05, 3.63) is 45.3 Å². The van der Waals surface area contributed by atoms with Gasteiger partial charge in [-0.2, -0.15) is 0 Å². The lowest BCUT2D eigenvalue weighted by molar-refractivity contribution is 0.0935. The first-order valence-corrected chi connectivity index (χ1v) is 6.43. The molecular weight excluding hydrogens is 266 g/mol. The number of amides is 1. The van der Waals surface area contributed by atoms with E-state index in [4.69, 9.17) is 16.0 Å². The van der Waals surface area contributed by atoms with Crippen LogP contribution < -0.4 is 10.9 Å². The van der Waals surface area contributed by atoms with Gasteiger partial charge in [0.25, 0.3) is 5.91 Å². The summed E-state index contributed by atoms with van der Waals surface area (Å²) in [5.74, 6) is -0.426. The zero-order valence-electron chi connectivity index (χ0n) is 10.7. The third-order valence-electron chi connectivity index (χ3n) is 2.93. The van der Waals surface area contributed by atoms with Crippen molar-refractivity contribution in [3.63, 3.8) is 0 Å². The van der Waals surface area contributed by atoms with Gasteiger partial charge in [0.2, 0.25) is 0 Å². The van der Waals surface area contributed by atoms with Gasteiger partial charge < -0.3 is 9.73 Å². The summed E-state index contributed by atoms with van der Waals surface area (Å²) in [7, 11) is 0. The van der Waals surface area contributed by atoms with Crippen molar-refractivity contribution in [1.29, 1.82) is 0 Å². The smallest absolute Gasteiger partial charge is 0.349 e. The highest BCUT2D eigenvalue weighted by atomic mass is 35.5. The first kappa shape index (κ1) is 13.6. The molecule has 19 heavy (non-hydrogen) atoms. The minimum absolute atomic E-state index is 0.00181. The van der Waals surface area contributed by atoms with E-state index in [1.807, 2.05) is 13.8 Å². The van der Waals surface area contributed by atoms with Gasteiger partial charge in [-0.25, -0.2) is 4.79 Å². The van der Waals surface area contributed by atoms with E-state index in [1.165, 1.54) is 6.07 Å². The van der Waals surface area contributed by atoms with Crippen molar-refractivity contribution >= 4 is 28.5 Å². The number of hydrogen-bond acceptors (Lipinski definition) is 3. The van der Waals surface area contributed by atoms with Crippen LogP contribution >= 0.6 is 11.6 Å². The molecule has 0 spiro atoms. The van der Waals surface area contributed by atoms with E-state index in [0.29, 0.717) is 16.0 Å². The Labute approximate surface area is 115 Å². The maximum atomic E-state index is 12.0. The van der Waals surface area contributed by atoms with Gasteiger partial charge in [-0.3, -0.25) is 4.79 Å². The Hall–Kier alpha value is -1.81. The van der Waals surface area contributed by atoms with Crippen LogP contribution in [0.5, 0.6) is 0 Å². The zero-order chi connectivity index (χ0) is 14.0. The SMILES string of the molecule is CC[C@@H](C)NC(=O)c1cc2cc(Cl)ccc2oc1=O. The van der Waals surface area contributed by atoms with Gasteiger partial charge in [0, 0.05) is 16.5 Å². The summed E-state index contributed by atoms with van der Waals surface area (Å²) >= 11 is 5.88. The fraction of sp³-hybridized carbons (Fsp3) is 0.286. The highest BCUT2D eigenvalue weighted by Crippen LogP contribution is 2.18. The minimum Gasteiger partial charge on any atom is -0.422 e. The monoisotopic (exact) mass is 279 g/mol. The van der Waals surface area contributed by atoms with E-state index in [1.54, 1.807) is 18.2 Å². The molecule has 0 aliphatic rings. The molecule has 0 aliphatic heterocycles. The highest BCUT2D eigenvalue weighted by Gasteiger charge is 2.15. The zero-order valence-corrected chi connectivity index (χ0v) is 11.5. The molecule has 0 aliphatic carbocycles. The molecule has 0 fully saturated rings. The largest absolute Gasteiger partial charge is 0.422 e. The van der Waals surface area contributed by atoms with Crippen LogP contribution in [0.2, 0.25) is 5.02 Å². The van der Waals surface area contributed by atoms with Gasteiger partial charge >= 0.3 is 5.63 Å². The topological polar surface area (TPSA) is 59.3 Å². The molecule has 1 atom stereocenters. The van der Waals surface area contributed by atoms with E-state index < -0.39 is 11.5 Å². The van der Waals surface area contributed by atoms with E-state index in [-0.39, 0.29) is 11.6 Å². The molecule has 5 heteroatoms. The lowest BCUT2D eigenvalue weighted by Gasteiger charge is -2.10. The number of rotatable bonds is 3. The van der Waals surface area contributed by atoms with Crippen LogP contribution in [0.3, 0.4) is 0 Å². The molecular formula is C14H14ClNO3.